The minimum absolute atomic E-state index is 0.0456. The monoisotopic (exact) mass is 230 g/mol. The first-order chi connectivity index (χ1) is 6.63. The molecule has 0 aliphatic heterocycles. The fourth-order valence-electron chi connectivity index (χ4n) is 1.11. The summed E-state index contributed by atoms with van der Waals surface area (Å²) in [6.07, 6.45) is 1.49. The van der Waals surface area contributed by atoms with Gasteiger partial charge < -0.3 is 4.98 Å². The van der Waals surface area contributed by atoms with Crippen molar-refractivity contribution in [2.24, 2.45) is 0 Å². The Labute approximate surface area is 85.9 Å². The molecule has 1 N–H and O–H groups in total. The van der Waals surface area contributed by atoms with Gasteiger partial charge in [-0.3, -0.25) is 0 Å². The van der Waals surface area contributed by atoms with Gasteiger partial charge in [0, 0.05) is 0 Å². The van der Waals surface area contributed by atoms with Gasteiger partial charge in [0.25, 0.3) is 0 Å². The average molecular weight is 230 g/mol. The van der Waals surface area contributed by atoms with E-state index in [-0.39, 0.29) is 4.90 Å². The Morgan fingerprint density at radius 3 is 2.93 bits per heavy atom. The molecule has 0 amide bonds. The first kappa shape index (κ1) is 9.50. The lowest BCUT2D eigenvalue weighted by Gasteiger charge is -1.98. The van der Waals surface area contributed by atoms with Gasteiger partial charge in [-0.05, 0) is 31.1 Å². The predicted octanol–water partition coefficient (Wildman–Crippen LogP) is 1.11. The Kier molecular flexibility index (Phi) is 2.22. The Morgan fingerprint density at radius 1 is 1.43 bits per heavy atom. The molecular weight excluding hydrogens is 224 g/mol. The van der Waals surface area contributed by atoms with Gasteiger partial charge in [-0.2, -0.15) is 12.0 Å². The van der Waals surface area contributed by atoms with E-state index in [2.05, 4.69) is 26.5 Å². The van der Waals surface area contributed by atoms with Crippen LogP contribution in [-0.2, 0) is 13.7 Å². The molecule has 0 aliphatic rings. The predicted molar refractivity (Wildman–Crippen MR) is 53.4 cm³/mol. The summed E-state index contributed by atoms with van der Waals surface area (Å²) in [6, 6.07) is 4.44. The highest BCUT2D eigenvalue weighted by Gasteiger charge is 2.14. The van der Waals surface area contributed by atoms with Crippen LogP contribution in [0.1, 0.15) is 0 Å². The number of imidazole rings is 1. The van der Waals surface area contributed by atoms with Gasteiger partial charge in [0.15, 0.2) is 0 Å². The quantitative estimate of drug-likeness (QED) is 0.599. The second-order valence-electron chi connectivity index (χ2n) is 2.61. The van der Waals surface area contributed by atoms with Gasteiger partial charge in [-0.15, -0.1) is 0 Å². The smallest absolute Gasteiger partial charge is 0.307 e. The summed E-state index contributed by atoms with van der Waals surface area (Å²) in [5.74, 6) is 0. The number of hydrogen-bond acceptors (Lipinski definition) is 5. The van der Waals surface area contributed by atoms with Crippen LogP contribution >= 0.6 is 12.9 Å². The number of aromatic amines is 1. The molecule has 7 heteroatoms. The topological polar surface area (TPSA) is 72.1 Å². The highest BCUT2D eigenvalue weighted by Crippen LogP contribution is 2.18. The van der Waals surface area contributed by atoms with E-state index in [1.54, 1.807) is 6.07 Å². The van der Waals surface area contributed by atoms with Crippen molar-refractivity contribution in [1.82, 2.24) is 9.97 Å². The van der Waals surface area contributed by atoms with E-state index in [9.17, 15) is 8.42 Å². The molecule has 1 aromatic carbocycles. The molecule has 0 aliphatic carbocycles. The highest BCUT2D eigenvalue weighted by atomic mass is 32.3. The third kappa shape index (κ3) is 1.49. The van der Waals surface area contributed by atoms with Crippen LogP contribution in [-0.4, -0.2) is 18.4 Å². The maximum absolute atomic E-state index is 11.2. The SMILES string of the molecule is O=S(=O)(OS)c1ccc2nc[nH]c2c1. The molecule has 1 heterocycles. The zero-order valence-corrected chi connectivity index (χ0v) is 8.55. The fraction of sp³-hybridized carbons (Fsp3) is 0. The van der Waals surface area contributed by atoms with Gasteiger partial charge >= 0.3 is 10.1 Å². The number of fused-ring (bicyclic) bond motifs is 1. The maximum atomic E-state index is 11.2. The molecule has 14 heavy (non-hydrogen) atoms. The average Bonchev–Trinajstić information content (AvgIpc) is 2.64. The van der Waals surface area contributed by atoms with Crippen molar-refractivity contribution in [1.29, 1.82) is 0 Å². The molecule has 0 spiro atoms. The van der Waals surface area contributed by atoms with Crippen LogP contribution in [0.5, 0.6) is 0 Å². The normalized spacial score (nSPS) is 12.1. The van der Waals surface area contributed by atoms with Crippen molar-refractivity contribution >= 4 is 34.1 Å². The lowest BCUT2D eigenvalue weighted by Crippen LogP contribution is -1.99. The molecule has 2 rings (SSSR count). The zero-order chi connectivity index (χ0) is 10.2. The van der Waals surface area contributed by atoms with E-state index in [1.807, 2.05) is 0 Å². The maximum Gasteiger partial charge on any atom is 0.307 e. The number of thiol groups is 1. The first-order valence-electron chi connectivity index (χ1n) is 3.65. The van der Waals surface area contributed by atoms with Crippen LogP contribution in [0.15, 0.2) is 29.4 Å². The van der Waals surface area contributed by atoms with Crippen molar-refractivity contribution in [3.63, 3.8) is 0 Å². The number of nitrogens with one attached hydrogen (secondary N) is 1. The Bertz CT molecular complexity index is 561. The summed E-state index contributed by atoms with van der Waals surface area (Å²) in [5, 5.41) is 0. The molecule has 0 saturated heterocycles. The number of hydrogen-bond donors (Lipinski definition) is 2. The molecule has 74 valence electrons. The van der Waals surface area contributed by atoms with Crippen molar-refractivity contribution in [3.8, 4) is 0 Å². The number of H-pyrrole nitrogens is 1. The van der Waals surface area contributed by atoms with Gasteiger partial charge in [0.05, 0.1) is 22.3 Å². The molecule has 5 nitrogen and oxygen atoms in total. The van der Waals surface area contributed by atoms with E-state index in [1.165, 1.54) is 18.5 Å². The Balaban J connectivity index is 2.65. The Morgan fingerprint density at radius 2 is 2.21 bits per heavy atom. The van der Waals surface area contributed by atoms with Crippen molar-refractivity contribution in [2.75, 3.05) is 0 Å². The summed E-state index contributed by atoms with van der Waals surface area (Å²) >= 11 is 3.28. The van der Waals surface area contributed by atoms with Crippen LogP contribution in [0, 0.1) is 0 Å². The summed E-state index contributed by atoms with van der Waals surface area (Å²) in [5.41, 5.74) is 1.33. The first-order valence-corrected chi connectivity index (χ1v) is 5.42. The second-order valence-corrected chi connectivity index (χ2v) is 4.59. The zero-order valence-electron chi connectivity index (χ0n) is 6.84. The lowest BCUT2D eigenvalue weighted by molar-refractivity contribution is 0.521. The van der Waals surface area contributed by atoms with Crippen LogP contribution < -0.4 is 0 Å². The molecule has 0 bridgehead atoms. The van der Waals surface area contributed by atoms with Gasteiger partial charge in [0.1, 0.15) is 0 Å². The van der Waals surface area contributed by atoms with E-state index in [4.69, 9.17) is 0 Å². The van der Waals surface area contributed by atoms with Gasteiger partial charge in [0.2, 0.25) is 0 Å². The Hall–Kier alpha value is -1.05. The van der Waals surface area contributed by atoms with E-state index in [0.717, 1.165) is 0 Å². The molecule has 2 aromatic rings. The largest absolute Gasteiger partial charge is 0.345 e. The second kappa shape index (κ2) is 3.26. The summed E-state index contributed by atoms with van der Waals surface area (Å²) in [6.45, 7) is 0. The molecular formula is C7H6N2O3S2. The standard InChI is InChI=1S/C7H6N2O3S2/c10-14(11,12-13)5-1-2-6-7(3-5)9-4-8-6/h1-4,13H,(H,8,9). The molecule has 0 radical (unpaired) electrons. The van der Waals surface area contributed by atoms with Gasteiger partial charge in [-0.1, -0.05) is 0 Å². The summed E-state index contributed by atoms with van der Waals surface area (Å²) in [4.78, 5) is 6.80. The number of aromatic nitrogens is 2. The lowest BCUT2D eigenvalue weighted by atomic mass is 10.3. The molecule has 0 atom stereocenters. The third-order valence-corrected chi connectivity index (χ3v) is 3.39. The van der Waals surface area contributed by atoms with Crippen LogP contribution in [0.2, 0.25) is 0 Å². The van der Waals surface area contributed by atoms with E-state index < -0.39 is 10.1 Å². The van der Waals surface area contributed by atoms with Gasteiger partial charge in [-0.25, -0.2) is 4.98 Å². The number of benzene rings is 1. The van der Waals surface area contributed by atoms with Crippen molar-refractivity contribution in [2.45, 2.75) is 4.90 Å². The van der Waals surface area contributed by atoms with Crippen LogP contribution in [0.4, 0.5) is 0 Å². The molecule has 0 unspecified atom stereocenters. The molecule has 1 aromatic heterocycles. The fourth-order valence-corrected chi connectivity index (χ4v) is 1.95. The number of nitrogens with zero attached hydrogens (tertiary/aromatic N) is 1. The minimum Gasteiger partial charge on any atom is -0.345 e. The van der Waals surface area contributed by atoms with E-state index in [0.29, 0.717) is 11.0 Å². The summed E-state index contributed by atoms with van der Waals surface area (Å²) in [7, 11) is -3.75. The molecule has 0 saturated carbocycles. The van der Waals surface area contributed by atoms with Crippen LogP contribution in [0.3, 0.4) is 0 Å². The third-order valence-electron chi connectivity index (χ3n) is 1.78. The summed E-state index contributed by atoms with van der Waals surface area (Å²) < 4.78 is 26.5. The highest BCUT2D eigenvalue weighted by molar-refractivity contribution is 7.95. The molecule has 0 fully saturated rings. The van der Waals surface area contributed by atoms with Crippen LogP contribution in [0.25, 0.3) is 11.0 Å². The number of rotatable bonds is 2. The van der Waals surface area contributed by atoms with E-state index >= 15 is 0 Å². The van der Waals surface area contributed by atoms with Crippen molar-refractivity contribution in [3.05, 3.63) is 24.5 Å². The minimum atomic E-state index is -3.75. The van der Waals surface area contributed by atoms with Crippen molar-refractivity contribution < 1.29 is 12.0 Å².